The van der Waals surface area contributed by atoms with Crippen LogP contribution in [-0.4, -0.2) is 31.6 Å². The molecule has 0 spiro atoms. The Morgan fingerprint density at radius 2 is 1.88 bits per heavy atom. The van der Waals surface area contributed by atoms with Crippen molar-refractivity contribution in [2.24, 2.45) is 0 Å². The lowest BCUT2D eigenvalue weighted by atomic mass is 10.1. The number of nitrogens with zero attached hydrogens (tertiary/aromatic N) is 1. The van der Waals surface area contributed by atoms with Gasteiger partial charge in [-0.15, -0.1) is 0 Å². The zero-order chi connectivity index (χ0) is 18.7. The molecule has 1 unspecified atom stereocenters. The number of rotatable bonds is 4. The minimum atomic E-state index is -0.298. The van der Waals surface area contributed by atoms with Crippen molar-refractivity contribution < 1.29 is 14.3 Å². The Balaban J connectivity index is 1.61. The van der Waals surface area contributed by atoms with Crippen LogP contribution >= 0.6 is 0 Å². The van der Waals surface area contributed by atoms with E-state index in [0.717, 1.165) is 28.3 Å². The van der Waals surface area contributed by atoms with Gasteiger partial charge in [0.2, 0.25) is 5.91 Å². The summed E-state index contributed by atoms with van der Waals surface area (Å²) in [5, 5.41) is 5.76. The van der Waals surface area contributed by atoms with Crippen LogP contribution in [0, 0.1) is 13.8 Å². The largest absolute Gasteiger partial charge is 0.497 e. The van der Waals surface area contributed by atoms with Crippen LogP contribution in [0.2, 0.25) is 0 Å². The number of anilines is 2. The van der Waals surface area contributed by atoms with Crippen LogP contribution in [0.5, 0.6) is 5.75 Å². The molecule has 1 aliphatic rings. The van der Waals surface area contributed by atoms with Crippen LogP contribution in [-0.2, 0) is 4.79 Å². The number of benzene rings is 2. The van der Waals surface area contributed by atoms with E-state index in [1.165, 1.54) is 0 Å². The lowest BCUT2D eigenvalue weighted by molar-refractivity contribution is -0.117. The molecule has 1 fully saturated rings. The molecular formula is C20H23N3O3. The highest BCUT2D eigenvalue weighted by Crippen LogP contribution is 2.24. The molecule has 0 aliphatic carbocycles. The summed E-state index contributed by atoms with van der Waals surface area (Å²) >= 11 is 0. The van der Waals surface area contributed by atoms with E-state index >= 15 is 0 Å². The molecule has 0 radical (unpaired) electrons. The first-order valence-electron chi connectivity index (χ1n) is 8.56. The number of carbonyl (C=O) groups excluding carboxylic acids is 2. The number of amides is 3. The molecule has 3 rings (SSSR count). The van der Waals surface area contributed by atoms with Crippen LogP contribution in [0.1, 0.15) is 17.5 Å². The third-order valence-electron chi connectivity index (χ3n) is 4.70. The third-order valence-corrected chi connectivity index (χ3v) is 4.70. The van der Waals surface area contributed by atoms with Gasteiger partial charge in [-0.25, -0.2) is 4.79 Å². The fraction of sp³-hybridized carbons (Fsp3) is 0.300. The van der Waals surface area contributed by atoms with Gasteiger partial charge in [0, 0.05) is 24.3 Å². The molecular weight excluding hydrogens is 330 g/mol. The number of methoxy groups -OCH3 is 1. The monoisotopic (exact) mass is 353 g/mol. The molecule has 3 amide bonds. The van der Waals surface area contributed by atoms with Gasteiger partial charge in [0.25, 0.3) is 0 Å². The Hall–Kier alpha value is -3.02. The normalized spacial score (nSPS) is 16.5. The second kappa shape index (κ2) is 7.47. The Morgan fingerprint density at radius 3 is 2.58 bits per heavy atom. The fourth-order valence-corrected chi connectivity index (χ4v) is 3.05. The van der Waals surface area contributed by atoms with Gasteiger partial charge in [0.1, 0.15) is 5.75 Å². The summed E-state index contributed by atoms with van der Waals surface area (Å²) < 4.78 is 5.14. The topological polar surface area (TPSA) is 70.7 Å². The van der Waals surface area contributed by atoms with Crippen molar-refractivity contribution in [1.82, 2.24) is 5.32 Å². The first-order valence-corrected chi connectivity index (χ1v) is 8.56. The summed E-state index contributed by atoms with van der Waals surface area (Å²) in [5.41, 5.74) is 3.73. The van der Waals surface area contributed by atoms with Crippen molar-refractivity contribution in [2.75, 3.05) is 23.9 Å². The Bertz CT molecular complexity index is 818. The lowest BCUT2D eigenvalue weighted by Gasteiger charge is -2.18. The number of carbonyl (C=O) groups is 2. The van der Waals surface area contributed by atoms with E-state index in [9.17, 15) is 9.59 Å². The van der Waals surface area contributed by atoms with E-state index in [1.807, 2.05) is 56.3 Å². The van der Waals surface area contributed by atoms with Crippen LogP contribution in [0.15, 0.2) is 42.5 Å². The van der Waals surface area contributed by atoms with E-state index in [0.29, 0.717) is 6.54 Å². The standard InChI is InChI=1S/C20H23N3O3/c1-13-5-4-6-18(14(13)2)22-20(25)21-15-11-19(24)23(12-15)16-7-9-17(26-3)10-8-16/h4-10,15H,11-12H2,1-3H3,(H2,21,22,25). The SMILES string of the molecule is COc1ccc(N2CC(NC(=O)Nc3cccc(C)c3C)CC2=O)cc1. The molecule has 2 aromatic carbocycles. The maximum atomic E-state index is 12.3. The molecule has 26 heavy (non-hydrogen) atoms. The van der Waals surface area contributed by atoms with E-state index in [-0.39, 0.29) is 24.4 Å². The van der Waals surface area contributed by atoms with Crippen molar-refractivity contribution in [3.63, 3.8) is 0 Å². The smallest absolute Gasteiger partial charge is 0.319 e. The van der Waals surface area contributed by atoms with Gasteiger partial charge in [-0.1, -0.05) is 12.1 Å². The highest BCUT2D eigenvalue weighted by Gasteiger charge is 2.31. The average Bonchev–Trinajstić information content (AvgIpc) is 2.99. The molecule has 2 N–H and O–H groups in total. The quantitative estimate of drug-likeness (QED) is 0.886. The summed E-state index contributed by atoms with van der Waals surface area (Å²) in [6.45, 7) is 4.42. The molecule has 6 heteroatoms. The van der Waals surface area contributed by atoms with Crippen LogP contribution < -0.4 is 20.3 Å². The molecule has 0 saturated carbocycles. The molecule has 1 saturated heterocycles. The Labute approximate surface area is 153 Å². The second-order valence-corrected chi connectivity index (χ2v) is 6.45. The zero-order valence-corrected chi connectivity index (χ0v) is 15.2. The summed E-state index contributed by atoms with van der Waals surface area (Å²) in [7, 11) is 1.60. The van der Waals surface area contributed by atoms with E-state index in [4.69, 9.17) is 4.74 Å². The highest BCUT2D eigenvalue weighted by atomic mass is 16.5. The van der Waals surface area contributed by atoms with Crippen molar-refractivity contribution in [3.05, 3.63) is 53.6 Å². The molecule has 2 aromatic rings. The lowest BCUT2D eigenvalue weighted by Crippen LogP contribution is -2.39. The van der Waals surface area contributed by atoms with Gasteiger partial charge in [-0.05, 0) is 55.3 Å². The Morgan fingerprint density at radius 1 is 1.15 bits per heavy atom. The fourth-order valence-electron chi connectivity index (χ4n) is 3.05. The molecule has 136 valence electrons. The highest BCUT2D eigenvalue weighted by molar-refractivity contribution is 5.97. The van der Waals surface area contributed by atoms with Gasteiger partial charge in [0.15, 0.2) is 0 Å². The summed E-state index contributed by atoms with van der Waals surface area (Å²) in [6, 6.07) is 12.6. The van der Waals surface area contributed by atoms with Gasteiger partial charge in [0.05, 0.1) is 13.2 Å². The molecule has 1 heterocycles. The van der Waals surface area contributed by atoms with Crippen molar-refractivity contribution in [1.29, 1.82) is 0 Å². The predicted octanol–water partition coefficient (Wildman–Crippen LogP) is 3.24. The number of hydrogen-bond donors (Lipinski definition) is 2. The van der Waals surface area contributed by atoms with E-state index < -0.39 is 0 Å². The summed E-state index contributed by atoms with van der Waals surface area (Å²) in [6.07, 6.45) is 0.284. The first kappa shape index (κ1) is 17.8. The maximum absolute atomic E-state index is 12.3. The minimum absolute atomic E-state index is 0.00722. The number of urea groups is 1. The third kappa shape index (κ3) is 3.79. The molecule has 1 atom stereocenters. The van der Waals surface area contributed by atoms with Crippen LogP contribution in [0.25, 0.3) is 0 Å². The molecule has 0 bridgehead atoms. The number of nitrogens with one attached hydrogen (secondary N) is 2. The predicted molar refractivity (Wildman–Crippen MR) is 102 cm³/mol. The molecule has 1 aliphatic heterocycles. The molecule has 6 nitrogen and oxygen atoms in total. The number of hydrogen-bond acceptors (Lipinski definition) is 3. The van der Waals surface area contributed by atoms with Crippen molar-refractivity contribution in [3.8, 4) is 5.75 Å². The number of ether oxygens (including phenoxy) is 1. The zero-order valence-electron chi connectivity index (χ0n) is 15.2. The van der Waals surface area contributed by atoms with Gasteiger partial charge in [-0.3, -0.25) is 4.79 Å². The van der Waals surface area contributed by atoms with Crippen molar-refractivity contribution >= 4 is 23.3 Å². The van der Waals surface area contributed by atoms with Crippen LogP contribution in [0.3, 0.4) is 0 Å². The van der Waals surface area contributed by atoms with Gasteiger partial charge >= 0.3 is 6.03 Å². The van der Waals surface area contributed by atoms with Gasteiger partial charge in [-0.2, -0.15) is 0 Å². The summed E-state index contributed by atoms with van der Waals surface area (Å²) in [4.78, 5) is 26.3. The average molecular weight is 353 g/mol. The molecule has 0 aromatic heterocycles. The van der Waals surface area contributed by atoms with E-state index in [1.54, 1.807) is 12.0 Å². The Kier molecular flexibility index (Phi) is 5.11. The van der Waals surface area contributed by atoms with E-state index in [2.05, 4.69) is 10.6 Å². The van der Waals surface area contributed by atoms with Crippen molar-refractivity contribution in [2.45, 2.75) is 26.3 Å². The number of aryl methyl sites for hydroxylation is 1. The summed E-state index contributed by atoms with van der Waals surface area (Å²) in [5.74, 6) is 0.732. The van der Waals surface area contributed by atoms with Crippen LogP contribution in [0.4, 0.5) is 16.2 Å². The maximum Gasteiger partial charge on any atom is 0.319 e. The van der Waals surface area contributed by atoms with Gasteiger partial charge < -0.3 is 20.3 Å². The first-order chi connectivity index (χ1) is 12.5. The second-order valence-electron chi connectivity index (χ2n) is 6.45. The minimum Gasteiger partial charge on any atom is -0.497 e.